The van der Waals surface area contributed by atoms with E-state index in [1.165, 1.54) is 4.90 Å². The molecule has 2 saturated heterocycles. The summed E-state index contributed by atoms with van der Waals surface area (Å²) in [6.45, 7) is 1.94. The quantitative estimate of drug-likeness (QED) is 0.436. The highest BCUT2D eigenvalue weighted by atomic mass is 19.4. The zero-order valence-electron chi connectivity index (χ0n) is 22.6. The van der Waals surface area contributed by atoms with Crippen molar-refractivity contribution in [2.75, 3.05) is 51.3 Å². The Morgan fingerprint density at radius 1 is 0.902 bits per heavy atom. The van der Waals surface area contributed by atoms with Crippen LogP contribution in [-0.4, -0.2) is 78.6 Å². The number of carbonyl (C=O) groups excluding carboxylic acids is 2. The molecule has 5 rings (SSSR count). The van der Waals surface area contributed by atoms with Crippen LogP contribution in [0, 0.1) is 0 Å². The number of anilines is 1. The number of carbonyl (C=O) groups is 2. The number of halogens is 3. The summed E-state index contributed by atoms with van der Waals surface area (Å²) in [5.41, 5.74) is -2.13. The van der Waals surface area contributed by atoms with Crippen molar-refractivity contribution in [1.29, 1.82) is 0 Å². The summed E-state index contributed by atoms with van der Waals surface area (Å²) in [7, 11) is 1.61. The number of pyridine rings is 1. The summed E-state index contributed by atoms with van der Waals surface area (Å²) >= 11 is 0. The molecule has 3 heterocycles. The van der Waals surface area contributed by atoms with Gasteiger partial charge in [0.15, 0.2) is 0 Å². The number of likely N-dealkylation sites (tertiary alicyclic amines) is 1. The SMILES string of the molecule is COc1ccccc1N1CCN(C(=O)C2(Oc3ccccc3)CCCN(C(=O)c3cnccc3C(F)(F)F)C2)CC1. The van der Waals surface area contributed by atoms with Gasteiger partial charge in [-0.05, 0) is 43.2 Å². The van der Waals surface area contributed by atoms with Crippen molar-refractivity contribution in [1.82, 2.24) is 14.8 Å². The van der Waals surface area contributed by atoms with Crippen LogP contribution in [0.2, 0.25) is 0 Å². The minimum absolute atomic E-state index is 0.182. The number of hydrogen-bond donors (Lipinski definition) is 0. The van der Waals surface area contributed by atoms with Gasteiger partial charge in [-0.15, -0.1) is 0 Å². The second-order valence-corrected chi connectivity index (χ2v) is 10.1. The Kier molecular flexibility index (Phi) is 8.05. The monoisotopic (exact) mass is 568 g/mol. The predicted molar refractivity (Wildman–Crippen MR) is 146 cm³/mol. The molecule has 0 aliphatic carbocycles. The number of nitrogens with zero attached hydrogens (tertiary/aromatic N) is 4. The molecule has 8 nitrogen and oxygen atoms in total. The zero-order chi connectivity index (χ0) is 29.0. The lowest BCUT2D eigenvalue weighted by molar-refractivity contribution is -0.153. The molecule has 2 aliphatic heterocycles. The molecule has 0 saturated carbocycles. The van der Waals surface area contributed by atoms with Crippen LogP contribution in [0.1, 0.15) is 28.8 Å². The summed E-state index contributed by atoms with van der Waals surface area (Å²) < 4.78 is 52.9. The summed E-state index contributed by atoms with van der Waals surface area (Å²) in [4.78, 5) is 36.6. The van der Waals surface area contributed by atoms with Crippen molar-refractivity contribution >= 4 is 17.5 Å². The van der Waals surface area contributed by atoms with Gasteiger partial charge < -0.3 is 24.2 Å². The molecule has 1 unspecified atom stereocenters. The third-order valence-electron chi connectivity index (χ3n) is 7.54. The van der Waals surface area contributed by atoms with Crippen molar-refractivity contribution in [3.05, 3.63) is 84.2 Å². The van der Waals surface area contributed by atoms with E-state index in [1.807, 2.05) is 30.3 Å². The molecule has 1 atom stereocenters. The van der Waals surface area contributed by atoms with Crippen LogP contribution in [0.15, 0.2) is 73.1 Å². The number of rotatable bonds is 6. The van der Waals surface area contributed by atoms with E-state index < -0.39 is 28.8 Å². The summed E-state index contributed by atoms with van der Waals surface area (Å²) in [5, 5.41) is 0. The zero-order valence-corrected chi connectivity index (χ0v) is 22.6. The van der Waals surface area contributed by atoms with E-state index in [9.17, 15) is 22.8 Å². The largest absolute Gasteiger partial charge is 0.495 e. The average Bonchev–Trinajstić information content (AvgIpc) is 3.00. The second kappa shape index (κ2) is 11.7. The van der Waals surface area contributed by atoms with Crippen LogP contribution < -0.4 is 14.4 Å². The van der Waals surface area contributed by atoms with Gasteiger partial charge in [0.25, 0.3) is 11.8 Å². The predicted octanol–water partition coefficient (Wildman–Crippen LogP) is 4.51. The number of benzene rings is 2. The number of hydrogen-bond acceptors (Lipinski definition) is 6. The molecule has 41 heavy (non-hydrogen) atoms. The van der Waals surface area contributed by atoms with Crippen LogP contribution >= 0.6 is 0 Å². The highest BCUT2D eigenvalue weighted by Gasteiger charge is 2.49. The van der Waals surface area contributed by atoms with Crippen molar-refractivity contribution in [2.24, 2.45) is 0 Å². The van der Waals surface area contributed by atoms with E-state index in [2.05, 4.69) is 9.88 Å². The van der Waals surface area contributed by atoms with Crippen molar-refractivity contribution < 1.29 is 32.2 Å². The van der Waals surface area contributed by atoms with Gasteiger partial charge in [-0.25, -0.2) is 0 Å². The van der Waals surface area contributed by atoms with Crippen molar-refractivity contribution in [3.8, 4) is 11.5 Å². The van der Waals surface area contributed by atoms with E-state index in [-0.39, 0.29) is 19.0 Å². The van der Waals surface area contributed by atoms with Crippen molar-refractivity contribution in [3.63, 3.8) is 0 Å². The van der Waals surface area contributed by atoms with Crippen LogP contribution in [-0.2, 0) is 11.0 Å². The average molecular weight is 569 g/mol. The Hall–Kier alpha value is -4.28. The van der Waals surface area contributed by atoms with E-state index in [0.717, 1.165) is 29.9 Å². The highest BCUT2D eigenvalue weighted by molar-refractivity contribution is 5.96. The number of aromatic nitrogens is 1. The molecule has 3 aromatic rings. The first kappa shape index (κ1) is 28.3. The Bertz CT molecular complexity index is 1380. The maximum atomic E-state index is 14.2. The molecular weight excluding hydrogens is 537 g/mol. The number of piperidine rings is 1. The number of piperazine rings is 1. The lowest BCUT2D eigenvalue weighted by atomic mass is 9.89. The molecule has 1 aromatic heterocycles. The molecule has 2 aliphatic rings. The standard InChI is InChI=1S/C30H31F3N4O4/c1-40-26-11-6-5-10-25(26)35-16-18-36(19-17-35)28(39)29(41-22-8-3-2-4-9-22)13-7-15-37(21-29)27(38)23-20-34-14-12-24(23)30(31,32)33/h2-6,8-12,14,20H,7,13,15-19,21H2,1H3. The maximum Gasteiger partial charge on any atom is 0.417 e. The van der Waals surface area contributed by atoms with Gasteiger partial charge in [-0.1, -0.05) is 30.3 Å². The second-order valence-electron chi connectivity index (χ2n) is 10.1. The number of para-hydroxylation sites is 3. The first-order valence-corrected chi connectivity index (χ1v) is 13.4. The van der Waals surface area contributed by atoms with Gasteiger partial charge in [0, 0.05) is 45.1 Å². The lowest BCUT2D eigenvalue weighted by Crippen LogP contribution is -2.64. The van der Waals surface area contributed by atoms with Gasteiger partial charge in [0.05, 0.1) is 30.5 Å². The van der Waals surface area contributed by atoms with E-state index in [1.54, 1.807) is 36.3 Å². The summed E-state index contributed by atoms with van der Waals surface area (Å²) in [5.74, 6) is 0.0621. The molecule has 2 fully saturated rings. The van der Waals surface area contributed by atoms with Crippen LogP contribution in [0.25, 0.3) is 0 Å². The van der Waals surface area contributed by atoms with Crippen molar-refractivity contribution in [2.45, 2.75) is 24.6 Å². The Morgan fingerprint density at radius 2 is 1.61 bits per heavy atom. The van der Waals surface area contributed by atoms with Gasteiger partial charge >= 0.3 is 6.18 Å². The summed E-state index contributed by atoms with van der Waals surface area (Å²) in [6, 6.07) is 17.3. The molecule has 0 bridgehead atoms. The number of methoxy groups -OCH3 is 1. The number of amides is 2. The van der Waals surface area contributed by atoms with Crippen LogP contribution in [0.5, 0.6) is 11.5 Å². The molecule has 0 N–H and O–H groups in total. The number of alkyl halides is 3. The first-order valence-electron chi connectivity index (χ1n) is 13.4. The van der Waals surface area contributed by atoms with Crippen LogP contribution in [0.3, 0.4) is 0 Å². The normalized spacial score (nSPS) is 19.6. The lowest BCUT2D eigenvalue weighted by Gasteiger charge is -2.45. The smallest absolute Gasteiger partial charge is 0.417 e. The maximum absolute atomic E-state index is 14.2. The molecule has 0 spiro atoms. The third kappa shape index (κ3) is 5.94. The third-order valence-corrected chi connectivity index (χ3v) is 7.54. The minimum atomic E-state index is -4.72. The molecule has 216 valence electrons. The van der Waals surface area contributed by atoms with E-state index >= 15 is 0 Å². The molecular formula is C30H31F3N4O4. The fraction of sp³-hybridized carbons (Fsp3) is 0.367. The first-order chi connectivity index (χ1) is 19.7. The Balaban J connectivity index is 1.40. The number of ether oxygens (including phenoxy) is 2. The van der Waals surface area contributed by atoms with E-state index in [4.69, 9.17) is 9.47 Å². The van der Waals surface area contributed by atoms with Crippen LogP contribution in [0.4, 0.5) is 18.9 Å². The van der Waals surface area contributed by atoms with Gasteiger partial charge in [-0.2, -0.15) is 13.2 Å². The fourth-order valence-electron chi connectivity index (χ4n) is 5.52. The summed E-state index contributed by atoms with van der Waals surface area (Å²) in [6.07, 6.45) is -2.09. The van der Waals surface area contributed by atoms with Gasteiger partial charge in [-0.3, -0.25) is 14.6 Å². The topological polar surface area (TPSA) is 75.2 Å². The highest BCUT2D eigenvalue weighted by Crippen LogP contribution is 2.35. The molecule has 0 radical (unpaired) electrons. The fourth-order valence-corrected chi connectivity index (χ4v) is 5.52. The Morgan fingerprint density at radius 3 is 2.32 bits per heavy atom. The van der Waals surface area contributed by atoms with Gasteiger partial charge in [0.1, 0.15) is 11.5 Å². The van der Waals surface area contributed by atoms with E-state index in [0.29, 0.717) is 44.8 Å². The molecule has 2 amide bonds. The molecule has 11 heteroatoms. The Labute approximate surface area is 236 Å². The minimum Gasteiger partial charge on any atom is -0.495 e. The van der Waals surface area contributed by atoms with Gasteiger partial charge in [0.2, 0.25) is 5.60 Å². The molecule has 2 aromatic carbocycles.